The van der Waals surface area contributed by atoms with E-state index in [-0.39, 0.29) is 11.9 Å². The number of hydrogen-bond donors (Lipinski definition) is 2. The Bertz CT molecular complexity index is 769. The zero-order valence-electron chi connectivity index (χ0n) is 13.4. The molecule has 0 fully saturated rings. The summed E-state index contributed by atoms with van der Waals surface area (Å²) in [6, 6.07) is 12.7. The van der Waals surface area contributed by atoms with Gasteiger partial charge in [0.2, 0.25) is 0 Å². The largest absolute Gasteiger partial charge is 0.573 e. The molecule has 26 heavy (non-hydrogen) atoms. The van der Waals surface area contributed by atoms with Crippen LogP contribution in [0, 0.1) is 0 Å². The molecule has 2 aromatic carbocycles. The first-order valence-corrected chi connectivity index (χ1v) is 8.09. The Morgan fingerprint density at radius 2 is 1.81 bits per heavy atom. The Balaban J connectivity index is 1.46. The Labute approximate surface area is 153 Å². The van der Waals surface area contributed by atoms with E-state index in [1.54, 1.807) is 0 Å². The van der Waals surface area contributed by atoms with Crippen molar-refractivity contribution in [1.29, 1.82) is 0 Å². The predicted molar refractivity (Wildman–Crippen MR) is 93.7 cm³/mol. The van der Waals surface area contributed by atoms with Crippen LogP contribution in [0.15, 0.2) is 48.5 Å². The van der Waals surface area contributed by atoms with Crippen LogP contribution >= 0.6 is 12.2 Å². The lowest BCUT2D eigenvalue weighted by atomic mass is 10.2. The highest BCUT2D eigenvalue weighted by molar-refractivity contribution is 7.80. The molecule has 0 saturated carbocycles. The van der Waals surface area contributed by atoms with Crippen LogP contribution in [0.4, 0.5) is 18.9 Å². The summed E-state index contributed by atoms with van der Waals surface area (Å²) in [6.45, 7) is 0.797. The van der Waals surface area contributed by atoms with Crippen molar-refractivity contribution in [2.45, 2.75) is 12.5 Å². The molecule has 1 heterocycles. The average Bonchev–Trinajstić information content (AvgIpc) is 2.60. The third-order valence-corrected chi connectivity index (χ3v) is 3.65. The smallest absolute Gasteiger partial charge is 0.486 e. The van der Waals surface area contributed by atoms with Gasteiger partial charge in [-0.25, -0.2) is 0 Å². The summed E-state index contributed by atoms with van der Waals surface area (Å²) < 4.78 is 51.6. The summed E-state index contributed by atoms with van der Waals surface area (Å²) in [5, 5.41) is 6.18. The first-order valence-electron chi connectivity index (χ1n) is 7.68. The van der Waals surface area contributed by atoms with Crippen LogP contribution in [0.1, 0.15) is 0 Å². The highest BCUT2D eigenvalue weighted by Crippen LogP contribution is 2.30. The monoisotopic (exact) mass is 384 g/mol. The van der Waals surface area contributed by atoms with Gasteiger partial charge in [0.15, 0.2) is 16.6 Å². The molecule has 3 rings (SSSR count). The number of anilines is 1. The molecule has 0 saturated heterocycles. The molecule has 138 valence electrons. The van der Waals surface area contributed by atoms with Crippen LogP contribution in [-0.4, -0.2) is 30.7 Å². The van der Waals surface area contributed by atoms with E-state index in [0.29, 0.717) is 35.5 Å². The van der Waals surface area contributed by atoms with E-state index in [2.05, 4.69) is 15.4 Å². The van der Waals surface area contributed by atoms with Gasteiger partial charge >= 0.3 is 6.36 Å². The van der Waals surface area contributed by atoms with Gasteiger partial charge in [-0.2, -0.15) is 0 Å². The normalized spacial score (nSPS) is 15.9. The van der Waals surface area contributed by atoms with Gasteiger partial charge in [-0.05, 0) is 48.6 Å². The van der Waals surface area contributed by atoms with Crippen LogP contribution in [0.25, 0.3) is 0 Å². The van der Waals surface area contributed by atoms with Crippen molar-refractivity contribution in [1.82, 2.24) is 5.32 Å². The van der Waals surface area contributed by atoms with E-state index in [0.717, 1.165) is 0 Å². The molecule has 0 bridgehead atoms. The SMILES string of the molecule is FC(F)(F)Oc1ccc(NC(=S)NC[C@H]2COc3ccccc3O2)cc1. The molecule has 1 atom stereocenters. The van der Waals surface area contributed by atoms with Crippen molar-refractivity contribution < 1.29 is 27.4 Å². The lowest BCUT2D eigenvalue weighted by Gasteiger charge is -2.27. The van der Waals surface area contributed by atoms with Gasteiger partial charge in [-0.3, -0.25) is 0 Å². The topological polar surface area (TPSA) is 51.8 Å². The van der Waals surface area contributed by atoms with Crippen LogP contribution in [0.2, 0.25) is 0 Å². The fraction of sp³-hybridized carbons (Fsp3) is 0.235. The minimum atomic E-state index is -4.72. The second-order valence-corrected chi connectivity index (χ2v) is 5.81. The van der Waals surface area contributed by atoms with E-state index < -0.39 is 6.36 Å². The maximum absolute atomic E-state index is 12.1. The fourth-order valence-electron chi connectivity index (χ4n) is 2.29. The molecule has 0 aromatic heterocycles. The van der Waals surface area contributed by atoms with Gasteiger partial charge in [0.05, 0.1) is 6.54 Å². The number of thiocarbonyl (C=S) groups is 1. The van der Waals surface area contributed by atoms with Crippen LogP contribution < -0.4 is 24.8 Å². The molecule has 5 nitrogen and oxygen atoms in total. The van der Waals surface area contributed by atoms with Gasteiger partial charge < -0.3 is 24.8 Å². The summed E-state index contributed by atoms with van der Waals surface area (Å²) in [5.74, 6) is 1.07. The van der Waals surface area contributed by atoms with Crippen molar-refractivity contribution in [3.8, 4) is 17.2 Å². The molecule has 0 spiro atoms. The number of fused-ring (bicyclic) bond motifs is 1. The second kappa shape index (κ2) is 7.69. The molecule has 9 heteroatoms. The summed E-state index contributed by atoms with van der Waals surface area (Å²) in [6.07, 6.45) is -4.93. The molecular weight excluding hydrogens is 369 g/mol. The summed E-state index contributed by atoms with van der Waals surface area (Å²) in [7, 11) is 0. The maximum atomic E-state index is 12.1. The minimum Gasteiger partial charge on any atom is -0.486 e. The lowest BCUT2D eigenvalue weighted by molar-refractivity contribution is -0.274. The van der Waals surface area contributed by atoms with Gasteiger partial charge in [-0.15, -0.1) is 13.2 Å². The second-order valence-electron chi connectivity index (χ2n) is 5.40. The lowest BCUT2D eigenvalue weighted by Crippen LogP contribution is -2.42. The first-order chi connectivity index (χ1) is 12.4. The third kappa shape index (κ3) is 5.16. The molecule has 2 aromatic rings. The maximum Gasteiger partial charge on any atom is 0.573 e. The van der Waals surface area contributed by atoms with Crippen molar-refractivity contribution >= 4 is 23.0 Å². The van der Waals surface area contributed by atoms with Gasteiger partial charge in [0.1, 0.15) is 18.5 Å². The molecular formula is C17H15F3N2O3S. The number of para-hydroxylation sites is 2. The third-order valence-electron chi connectivity index (χ3n) is 3.40. The Morgan fingerprint density at radius 1 is 1.12 bits per heavy atom. The van der Waals surface area contributed by atoms with E-state index in [1.165, 1.54) is 24.3 Å². The standard InChI is InChI=1S/C17H15F3N2O3S/c18-17(19,20)25-12-7-5-11(6-8-12)22-16(26)21-9-13-10-23-14-3-1-2-4-15(14)24-13/h1-8,13H,9-10H2,(H2,21,22,26)/t13-/m0/s1. The number of alkyl halides is 3. The number of rotatable bonds is 4. The van der Waals surface area contributed by atoms with Crippen molar-refractivity contribution in [3.05, 3.63) is 48.5 Å². The van der Waals surface area contributed by atoms with Gasteiger partial charge in [0, 0.05) is 5.69 Å². The predicted octanol–water partition coefficient (Wildman–Crippen LogP) is 3.71. The molecule has 0 unspecified atom stereocenters. The molecule has 1 aliphatic heterocycles. The zero-order chi connectivity index (χ0) is 18.6. The van der Waals surface area contributed by atoms with Crippen LogP contribution in [-0.2, 0) is 0 Å². The highest BCUT2D eigenvalue weighted by Gasteiger charge is 2.31. The molecule has 1 aliphatic rings. The minimum absolute atomic E-state index is 0.216. The highest BCUT2D eigenvalue weighted by atomic mass is 32.1. The van der Waals surface area contributed by atoms with Crippen LogP contribution in [0.3, 0.4) is 0 Å². The Morgan fingerprint density at radius 3 is 2.50 bits per heavy atom. The number of halogens is 3. The van der Waals surface area contributed by atoms with Gasteiger partial charge in [0.25, 0.3) is 0 Å². The average molecular weight is 384 g/mol. The summed E-state index contributed by atoms with van der Waals surface area (Å²) in [4.78, 5) is 0. The summed E-state index contributed by atoms with van der Waals surface area (Å²) in [5.41, 5.74) is 0.531. The fourth-order valence-corrected chi connectivity index (χ4v) is 2.49. The van der Waals surface area contributed by atoms with E-state index in [4.69, 9.17) is 21.7 Å². The van der Waals surface area contributed by atoms with Crippen LogP contribution in [0.5, 0.6) is 17.2 Å². The molecule has 2 N–H and O–H groups in total. The number of benzene rings is 2. The molecule has 0 radical (unpaired) electrons. The summed E-state index contributed by atoms with van der Waals surface area (Å²) >= 11 is 5.17. The van der Waals surface area contributed by atoms with Crippen molar-refractivity contribution in [2.75, 3.05) is 18.5 Å². The van der Waals surface area contributed by atoms with E-state index in [1.807, 2.05) is 24.3 Å². The number of ether oxygens (including phenoxy) is 3. The zero-order valence-corrected chi connectivity index (χ0v) is 14.2. The van der Waals surface area contributed by atoms with Gasteiger partial charge in [-0.1, -0.05) is 12.1 Å². The Kier molecular flexibility index (Phi) is 5.36. The van der Waals surface area contributed by atoms with E-state index >= 15 is 0 Å². The Hall–Kier alpha value is -2.68. The van der Waals surface area contributed by atoms with E-state index in [9.17, 15) is 13.2 Å². The molecule has 0 aliphatic carbocycles. The van der Waals surface area contributed by atoms with Crippen molar-refractivity contribution in [3.63, 3.8) is 0 Å². The van der Waals surface area contributed by atoms with Crippen molar-refractivity contribution in [2.24, 2.45) is 0 Å². The number of nitrogens with one attached hydrogen (secondary N) is 2. The first kappa shape index (κ1) is 18.1. The molecule has 0 amide bonds. The number of hydrogen-bond acceptors (Lipinski definition) is 4. The quantitative estimate of drug-likeness (QED) is 0.784.